The predicted molar refractivity (Wildman–Crippen MR) is 88.5 cm³/mol. The van der Waals surface area contributed by atoms with Crippen molar-refractivity contribution >= 4 is 23.4 Å². The number of benzene rings is 1. The lowest BCUT2D eigenvalue weighted by Gasteiger charge is -2.11. The van der Waals surface area contributed by atoms with Crippen molar-refractivity contribution in [2.24, 2.45) is 11.7 Å². The fraction of sp³-hybridized carbons (Fsp3) is 0.529. The maximum atomic E-state index is 5.95. The Labute approximate surface area is 132 Å². The van der Waals surface area contributed by atoms with Crippen molar-refractivity contribution in [1.82, 2.24) is 0 Å². The number of aryl methyl sites for hydroxylation is 1. The molecule has 3 rings (SSSR count). The molecule has 116 valence electrons. The van der Waals surface area contributed by atoms with E-state index in [0.717, 1.165) is 43.1 Å². The Morgan fingerprint density at radius 2 is 2.14 bits per heavy atom. The topological polar surface area (TPSA) is 48.4 Å². The molecule has 1 fully saturated rings. The van der Waals surface area contributed by atoms with Gasteiger partial charge in [-0.25, -0.2) is 0 Å². The molecule has 3 nitrogen and oxygen atoms in total. The third kappa shape index (κ3) is 3.04. The molecule has 1 aromatic heterocycles. The Hall–Kier alpha value is -1.19. The van der Waals surface area contributed by atoms with E-state index in [1.165, 1.54) is 17.4 Å². The Morgan fingerprint density at radius 1 is 1.33 bits per heavy atom. The molecule has 2 N–H and O–H groups in total. The van der Waals surface area contributed by atoms with Crippen molar-refractivity contribution in [2.75, 3.05) is 13.2 Å². The van der Waals surface area contributed by atoms with Crippen LogP contribution in [0.1, 0.15) is 43.9 Å². The van der Waals surface area contributed by atoms with Gasteiger partial charge in [0.25, 0.3) is 0 Å². The summed E-state index contributed by atoms with van der Waals surface area (Å²) in [5.41, 5.74) is 8.11. The molecule has 1 aromatic carbocycles. The van der Waals surface area contributed by atoms with Crippen LogP contribution in [-0.2, 0) is 6.42 Å². The van der Waals surface area contributed by atoms with E-state index in [2.05, 4.69) is 26.0 Å². The summed E-state index contributed by atoms with van der Waals surface area (Å²) >= 11 is 0. The number of hydrogen-bond acceptors (Lipinski definition) is 3. The van der Waals surface area contributed by atoms with Crippen LogP contribution in [0.15, 0.2) is 22.6 Å². The number of halogens is 1. The average Bonchev–Trinajstić information content (AvgIpc) is 3.13. The molecular formula is C17H24ClNO2. The number of ether oxygens (including phenoxy) is 1. The molecule has 0 bridgehead atoms. The van der Waals surface area contributed by atoms with Crippen molar-refractivity contribution in [2.45, 2.75) is 39.0 Å². The van der Waals surface area contributed by atoms with E-state index in [9.17, 15) is 0 Å². The van der Waals surface area contributed by atoms with Gasteiger partial charge in [0.2, 0.25) is 0 Å². The van der Waals surface area contributed by atoms with E-state index in [0.29, 0.717) is 11.8 Å². The molecular weight excluding hydrogens is 286 g/mol. The predicted octanol–water partition coefficient (Wildman–Crippen LogP) is 4.27. The van der Waals surface area contributed by atoms with E-state index in [1.807, 2.05) is 6.07 Å². The molecule has 21 heavy (non-hydrogen) atoms. The van der Waals surface area contributed by atoms with Crippen LogP contribution < -0.4 is 10.5 Å². The van der Waals surface area contributed by atoms with Gasteiger partial charge in [0.15, 0.2) is 0 Å². The van der Waals surface area contributed by atoms with Gasteiger partial charge in [-0.1, -0.05) is 13.8 Å². The third-order valence-corrected chi connectivity index (χ3v) is 4.16. The van der Waals surface area contributed by atoms with Gasteiger partial charge in [-0.2, -0.15) is 0 Å². The molecule has 0 saturated heterocycles. The van der Waals surface area contributed by atoms with E-state index in [4.69, 9.17) is 14.9 Å². The van der Waals surface area contributed by atoms with Gasteiger partial charge in [0.05, 0.1) is 6.61 Å². The van der Waals surface area contributed by atoms with Gasteiger partial charge in [0.1, 0.15) is 17.1 Å². The molecule has 1 aliphatic carbocycles. The van der Waals surface area contributed by atoms with Crippen LogP contribution in [-0.4, -0.2) is 13.2 Å². The van der Waals surface area contributed by atoms with Gasteiger partial charge >= 0.3 is 0 Å². The summed E-state index contributed by atoms with van der Waals surface area (Å²) in [6.45, 7) is 5.76. The first-order valence-electron chi connectivity index (χ1n) is 7.66. The van der Waals surface area contributed by atoms with Crippen molar-refractivity contribution in [3.8, 4) is 5.75 Å². The Balaban J connectivity index is 0.00000161. The van der Waals surface area contributed by atoms with Crippen LogP contribution in [0.5, 0.6) is 5.75 Å². The van der Waals surface area contributed by atoms with Gasteiger partial charge in [-0.15, -0.1) is 12.4 Å². The van der Waals surface area contributed by atoms with Crippen LogP contribution in [0.3, 0.4) is 0 Å². The molecule has 0 radical (unpaired) electrons. The van der Waals surface area contributed by atoms with E-state index < -0.39 is 0 Å². The fourth-order valence-corrected chi connectivity index (χ4v) is 2.92. The number of fused-ring (bicyclic) bond motifs is 1. The van der Waals surface area contributed by atoms with Crippen LogP contribution in [0.25, 0.3) is 11.0 Å². The Morgan fingerprint density at radius 3 is 2.76 bits per heavy atom. The van der Waals surface area contributed by atoms with Crippen LogP contribution in [0, 0.1) is 5.92 Å². The molecule has 1 aliphatic rings. The summed E-state index contributed by atoms with van der Waals surface area (Å²) in [5.74, 6) is 3.20. The smallest absolute Gasteiger partial charge is 0.134 e. The zero-order valence-electron chi connectivity index (χ0n) is 12.7. The Bertz CT molecular complexity index is 608. The minimum absolute atomic E-state index is 0. The molecule has 0 spiro atoms. The van der Waals surface area contributed by atoms with Gasteiger partial charge in [-0.3, -0.25) is 0 Å². The zero-order chi connectivity index (χ0) is 14.1. The second kappa shape index (κ2) is 6.71. The molecule has 0 unspecified atom stereocenters. The third-order valence-electron chi connectivity index (χ3n) is 4.16. The lowest BCUT2D eigenvalue weighted by atomic mass is 10.0. The molecule has 4 heteroatoms. The lowest BCUT2D eigenvalue weighted by Crippen LogP contribution is -2.04. The Kier molecular flexibility index (Phi) is 5.17. The largest absolute Gasteiger partial charge is 0.493 e. The highest BCUT2D eigenvalue weighted by atomic mass is 35.5. The first-order chi connectivity index (χ1) is 9.78. The maximum absolute atomic E-state index is 5.95. The standard InChI is InChI=1S/C17H23NO2.ClH/c1-3-7-19-16-6-5-15-14(9-12(4-2)20-15)17(16)13-8-11(13)10-18;/h5-6,9,11,13H,3-4,7-8,10,18H2,1-2H3;1H/t11-,13+;/m0./s1. The van der Waals surface area contributed by atoms with Crippen molar-refractivity contribution in [1.29, 1.82) is 0 Å². The van der Waals surface area contributed by atoms with Gasteiger partial charge < -0.3 is 14.9 Å². The quantitative estimate of drug-likeness (QED) is 0.867. The monoisotopic (exact) mass is 309 g/mol. The van der Waals surface area contributed by atoms with Crippen molar-refractivity contribution in [3.63, 3.8) is 0 Å². The molecule has 0 amide bonds. The van der Waals surface area contributed by atoms with Crippen LogP contribution >= 0.6 is 12.4 Å². The minimum atomic E-state index is 0. The van der Waals surface area contributed by atoms with Crippen molar-refractivity contribution < 1.29 is 9.15 Å². The second-order valence-electron chi connectivity index (χ2n) is 5.64. The molecule has 1 saturated carbocycles. The summed E-state index contributed by atoms with van der Waals surface area (Å²) < 4.78 is 11.8. The second-order valence-corrected chi connectivity index (χ2v) is 5.64. The highest BCUT2D eigenvalue weighted by Crippen LogP contribution is 2.52. The number of furan rings is 1. The van der Waals surface area contributed by atoms with Crippen LogP contribution in [0.4, 0.5) is 0 Å². The average molecular weight is 310 g/mol. The SMILES string of the molecule is CCCOc1ccc2oc(CC)cc2c1[C@@H]1C[C@H]1CN.Cl. The summed E-state index contributed by atoms with van der Waals surface area (Å²) in [6, 6.07) is 6.26. The van der Waals surface area contributed by atoms with Gasteiger partial charge in [-0.05, 0) is 49.4 Å². The summed E-state index contributed by atoms with van der Waals surface area (Å²) in [5, 5.41) is 1.22. The van der Waals surface area contributed by atoms with Crippen molar-refractivity contribution in [3.05, 3.63) is 29.5 Å². The summed E-state index contributed by atoms with van der Waals surface area (Å²) in [4.78, 5) is 0. The van der Waals surface area contributed by atoms with Crippen LogP contribution in [0.2, 0.25) is 0 Å². The highest BCUT2D eigenvalue weighted by Gasteiger charge is 2.40. The molecule has 2 atom stereocenters. The van der Waals surface area contributed by atoms with E-state index in [1.54, 1.807) is 0 Å². The number of nitrogens with two attached hydrogens (primary N) is 1. The first-order valence-corrected chi connectivity index (χ1v) is 7.66. The highest BCUT2D eigenvalue weighted by molar-refractivity contribution is 5.86. The van der Waals surface area contributed by atoms with Gasteiger partial charge in [0, 0.05) is 17.4 Å². The summed E-state index contributed by atoms with van der Waals surface area (Å²) in [7, 11) is 0. The fourth-order valence-electron chi connectivity index (χ4n) is 2.92. The van der Waals surface area contributed by atoms with E-state index >= 15 is 0 Å². The maximum Gasteiger partial charge on any atom is 0.134 e. The zero-order valence-corrected chi connectivity index (χ0v) is 13.5. The minimum Gasteiger partial charge on any atom is -0.493 e. The normalized spacial score (nSPS) is 20.3. The van der Waals surface area contributed by atoms with E-state index in [-0.39, 0.29) is 12.4 Å². The molecule has 2 aromatic rings. The summed E-state index contributed by atoms with van der Waals surface area (Å²) in [6.07, 6.45) is 3.11. The molecule has 1 heterocycles. The molecule has 0 aliphatic heterocycles. The number of hydrogen-bond donors (Lipinski definition) is 1. The lowest BCUT2D eigenvalue weighted by molar-refractivity contribution is 0.314. The first kappa shape index (κ1) is 16.2. The number of rotatable bonds is 6.